The third kappa shape index (κ3) is 3.61. The molecule has 6 rings (SSSR count). The molecule has 0 saturated carbocycles. The molecule has 1 spiro atoms. The SMILES string of the molecule is COc1ccc(Cc2nc(-c3ccc(N4C(=O)CSC45C(=O)Nc4ccccc45)cc3)cs2)cc1. The van der Waals surface area contributed by atoms with E-state index < -0.39 is 4.87 Å². The number of carbonyl (C=O) groups is 2. The molecule has 174 valence electrons. The summed E-state index contributed by atoms with van der Waals surface area (Å²) >= 11 is 2.99. The maximum Gasteiger partial charge on any atom is 0.266 e. The minimum Gasteiger partial charge on any atom is -0.497 e. The van der Waals surface area contributed by atoms with Crippen LogP contribution in [0.5, 0.6) is 5.75 Å². The lowest BCUT2D eigenvalue weighted by Crippen LogP contribution is -2.47. The van der Waals surface area contributed by atoms with Crippen molar-refractivity contribution >= 4 is 46.3 Å². The molecule has 1 atom stereocenters. The van der Waals surface area contributed by atoms with E-state index in [9.17, 15) is 9.59 Å². The molecule has 1 fully saturated rings. The number of hydrogen-bond donors (Lipinski definition) is 1. The van der Waals surface area contributed by atoms with Crippen molar-refractivity contribution in [1.29, 1.82) is 0 Å². The largest absolute Gasteiger partial charge is 0.497 e. The Kier molecular flexibility index (Phi) is 5.35. The summed E-state index contributed by atoms with van der Waals surface area (Å²) in [5.74, 6) is 0.833. The molecule has 2 amide bonds. The topological polar surface area (TPSA) is 71.5 Å². The van der Waals surface area contributed by atoms with Gasteiger partial charge in [-0.2, -0.15) is 0 Å². The summed E-state index contributed by atoms with van der Waals surface area (Å²) in [6.07, 6.45) is 0.753. The Hall–Kier alpha value is -3.62. The number of benzene rings is 3. The lowest BCUT2D eigenvalue weighted by Gasteiger charge is -2.32. The highest BCUT2D eigenvalue weighted by Gasteiger charge is 2.58. The molecule has 0 radical (unpaired) electrons. The van der Waals surface area contributed by atoms with E-state index >= 15 is 0 Å². The predicted molar refractivity (Wildman–Crippen MR) is 140 cm³/mol. The van der Waals surface area contributed by atoms with Gasteiger partial charge >= 0.3 is 0 Å². The summed E-state index contributed by atoms with van der Waals surface area (Å²) in [7, 11) is 1.66. The number of ether oxygens (including phenoxy) is 1. The van der Waals surface area contributed by atoms with Gasteiger partial charge in [0.15, 0.2) is 0 Å². The second kappa shape index (κ2) is 8.55. The zero-order chi connectivity index (χ0) is 24.0. The fourth-order valence-corrected chi connectivity index (χ4v) is 6.75. The lowest BCUT2D eigenvalue weighted by atomic mass is 10.0. The van der Waals surface area contributed by atoms with Gasteiger partial charge < -0.3 is 10.1 Å². The molecule has 1 N–H and O–H groups in total. The molecular weight excluding hydrogens is 478 g/mol. The first kappa shape index (κ1) is 21.9. The quantitative estimate of drug-likeness (QED) is 0.404. The van der Waals surface area contributed by atoms with Crippen LogP contribution in [0, 0.1) is 0 Å². The van der Waals surface area contributed by atoms with Crippen molar-refractivity contribution in [3.63, 3.8) is 0 Å². The number of anilines is 2. The monoisotopic (exact) mass is 499 g/mol. The molecule has 1 saturated heterocycles. The number of nitrogens with one attached hydrogen (secondary N) is 1. The van der Waals surface area contributed by atoms with Crippen LogP contribution >= 0.6 is 23.1 Å². The first-order valence-electron chi connectivity index (χ1n) is 11.1. The number of para-hydroxylation sites is 1. The van der Waals surface area contributed by atoms with Crippen LogP contribution in [0.3, 0.4) is 0 Å². The van der Waals surface area contributed by atoms with E-state index in [1.54, 1.807) is 23.3 Å². The number of rotatable bonds is 5. The van der Waals surface area contributed by atoms with Gasteiger partial charge in [-0.25, -0.2) is 4.98 Å². The molecular formula is C27H21N3O3S2. The molecule has 1 unspecified atom stereocenters. The Morgan fingerprint density at radius 1 is 1.03 bits per heavy atom. The second-order valence-corrected chi connectivity index (χ2v) is 10.5. The number of carbonyl (C=O) groups excluding carboxylic acids is 2. The first-order chi connectivity index (χ1) is 17.1. The molecule has 0 aliphatic carbocycles. The second-order valence-electron chi connectivity index (χ2n) is 8.36. The molecule has 3 aromatic carbocycles. The van der Waals surface area contributed by atoms with Gasteiger partial charge in [-0.15, -0.1) is 23.1 Å². The van der Waals surface area contributed by atoms with Crippen molar-refractivity contribution < 1.29 is 14.3 Å². The molecule has 4 aromatic rings. The van der Waals surface area contributed by atoms with Crippen LogP contribution in [0.25, 0.3) is 11.3 Å². The smallest absolute Gasteiger partial charge is 0.266 e. The molecule has 35 heavy (non-hydrogen) atoms. The predicted octanol–water partition coefficient (Wildman–Crippen LogP) is 5.29. The van der Waals surface area contributed by atoms with Crippen LogP contribution in [-0.4, -0.2) is 29.7 Å². The number of thioether (sulfide) groups is 1. The number of fused-ring (bicyclic) bond motifs is 2. The molecule has 8 heteroatoms. The van der Waals surface area contributed by atoms with Crippen LogP contribution in [0.4, 0.5) is 11.4 Å². The number of amides is 2. The number of hydrogen-bond acceptors (Lipinski definition) is 6. The van der Waals surface area contributed by atoms with Crippen molar-refractivity contribution in [3.05, 3.63) is 94.3 Å². The average molecular weight is 500 g/mol. The highest BCUT2D eigenvalue weighted by atomic mass is 32.2. The van der Waals surface area contributed by atoms with Gasteiger partial charge in [-0.05, 0) is 35.9 Å². The van der Waals surface area contributed by atoms with Crippen molar-refractivity contribution in [2.75, 3.05) is 23.1 Å². The van der Waals surface area contributed by atoms with E-state index in [1.807, 2.05) is 78.2 Å². The third-order valence-electron chi connectivity index (χ3n) is 6.30. The highest BCUT2D eigenvalue weighted by Crippen LogP contribution is 2.53. The van der Waals surface area contributed by atoms with Crippen molar-refractivity contribution in [2.24, 2.45) is 0 Å². The molecule has 1 aromatic heterocycles. The fourth-order valence-electron chi connectivity index (χ4n) is 4.60. The van der Waals surface area contributed by atoms with E-state index in [1.165, 1.54) is 17.3 Å². The summed E-state index contributed by atoms with van der Waals surface area (Å²) < 4.78 is 5.23. The Morgan fingerprint density at radius 3 is 2.57 bits per heavy atom. The first-order valence-corrected chi connectivity index (χ1v) is 13.0. The van der Waals surface area contributed by atoms with E-state index in [0.717, 1.165) is 39.7 Å². The molecule has 2 aliphatic heterocycles. The number of methoxy groups -OCH3 is 1. The van der Waals surface area contributed by atoms with Crippen molar-refractivity contribution in [1.82, 2.24) is 4.98 Å². The van der Waals surface area contributed by atoms with E-state index in [4.69, 9.17) is 9.72 Å². The number of nitrogens with zero attached hydrogens (tertiary/aromatic N) is 2. The number of thiazole rings is 1. The highest BCUT2D eigenvalue weighted by molar-refractivity contribution is 8.02. The molecule has 2 aliphatic rings. The Morgan fingerprint density at radius 2 is 1.80 bits per heavy atom. The van der Waals surface area contributed by atoms with E-state index in [0.29, 0.717) is 5.69 Å². The van der Waals surface area contributed by atoms with E-state index in [-0.39, 0.29) is 17.6 Å². The molecule has 6 nitrogen and oxygen atoms in total. The fraction of sp³-hybridized carbons (Fsp3) is 0.148. The standard InChI is InChI=1S/C27H21N3O3S2/c1-33-20-12-6-17(7-13-20)14-24-28-23(15-34-24)18-8-10-19(11-9-18)30-25(31)16-35-27(30)21-4-2-3-5-22(21)29-26(27)32/h2-13,15H,14,16H2,1H3,(H,29,32). The average Bonchev–Trinajstić information content (AvgIpc) is 3.57. The van der Waals surface area contributed by atoms with Gasteiger partial charge in [0.1, 0.15) is 5.75 Å². The minimum atomic E-state index is -1.07. The van der Waals surface area contributed by atoms with Crippen LogP contribution in [0.2, 0.25) is 0 Å². The zero-order valence-electron chi connectivity index (χ0n) is 18.9. The maximum absolute atomic E-state index is 13.1. The molecule has 3 heterocycles. The lowest BCUT2D eigenvalue weighted by molar-refractivity contribution is -0.122. The van der Waals surface area contributed by atoms with Gasteiger partial charge in [-0.3, -0.25) is 14.5 Å². The zero-order valence-corrected chi connectivity index (χ0v) is 20.5. The normalized spacial score (nSPS) is 18.7. The third-order valence-corrected chi connectivity index (χ3v) is 8.55. The van der Waals surface area contributed by atoms with Gasteiger partial charge in [0.05, 0.1) is 23.6 Å². The summed E-state index contributed by atoms with van der Waals surface area (Å²) in [5.41, 5.74) is 5.32. The minimum absolute atomic E-state index is 0.0787. The van der Waals surface area contributed by atoms with Crippen LogP contribution in [-0.2, 0) is 20.9 Å². The summed E-state index contributed by atoms with van der Waals surface area (Å²) in [6.45, 7) is 0. The number of aromatic nitrogens is 1. The van der Waals surface area contributed by atoms with Crippen molar-refractivity contribution in [2.45, 2.75) is 11.3 Å². The Bertz CT molecular complexity index is 1430. The van der Waals surface area contributed by atoms with Crippen molar-refractivity contribution in [3.8, 4) is 17.0 Å². The summed E-state index contributed by atoms with van der Waals surface area (Å²) in [4.78, 5) is 31.5. The van der Waals surface area contributed by atoms with Gasteiger partial charge in [0, 0.05) is 34.3 Å². The van der Waals surface area contributed by atoms with Gasteiger partial charge in [0.25, 0.3) is 5.91 Å². The Labute approximate surface area is 211 Å². The van der Waals surface area contributed by atoms with E-state index in [2.05, 4.69) is 5.32 Å². The van der Waals surface area contributed by atoms with Gasteiger partial charge in [0.2, 0.25) is 10.8 Å². The maximum atomic E-state index is 13.1. The van der Waals surface area contributed by atoms with Crippen LogP contribution in [0.1, 0.15) is 16.1 Å². The molecule has 0 bridgehead atoms. The summed E-state index contributed by atoms with van der Waals surface area (Å²) in [5, 5.41) is 6.02. The van der Waals surface area contributed by atoms with Crippen LogP contribution < -0.4 is 15.0 Å². The Balaban J connectivity index is 1.26. The van der Waals surface area contributed by atoms with Crippen LogP contribution in [0.15, 0.2) is 78.2 Å². The summed E-state index contributed by atoms with van der Waals surface area (Å²) in [6, 6.07) is 23.3. The van der Waals surface area contributed by atoms with Gasteiger partial charge in [-0.1, -0.05) is 42.5 Å².